The van der Waals surface area contributed by atoms with E-state index in [9.17, 15) is 20.1 Å². The Balaban J connectivity index is 3.74. The summed E-state index contributed by atoms with van der Waals surface area (Å²) < 4.78 is 0. The third-order valence-corrected chi connectivity index (χ3v) is 9.56. The number of aliphatic hydroxyl groups is 3. The molecular weight excluding hydrogens is 582 g/mol. The number of hydrogen-bond donors (Lipinski definition) is 4. The van der Waals surface area contributed by atoms with Gasteiger partial charge in [0.1, 0.15) is 0 Å². The molecule has 0 saturated carbocycles. The molecule has 0 aromatic rings. The van der Waals surface area contributed by atoms with E-state index in [-0.39, 0.29) is 6.61 Å². The second-order valence-corrected chi connectivity index (χ2v) is 14.2. The van der Waals surface area contributed by atoms with Gasteiger partial charge in [-0.25, -0.2) is 0 Å². The first-order valence-electron chi connectivity index (χ1n) is 20.7. The number of rotatable bonds is 37. The van der Waals surface area contributed by atoms with Gasteiger partial charge in [-0.05, 0) is 25.7 Å². The van der Waals surface area contributed by atoms with Gasteiger partial charge >= 0.3 is 0 Å². The van der Waals surface area contributed by atoms with Gasteiger partial charge in [-0.3, -0.25) is 4.79 Å². The summed E-state index contributed by atoms with van der Waals surface area (Å²) in [6.07, 6.45) is 45.1. The highest BCUT2D eigenvalue weighted by Crippen LogP contribution is 2.15. The van der Waals surface area contributed by atoms with Gasteiger partial charge in [0.2, 0.25) is 0 Å². The van der Waals surface area contributed by atoms with Gasteiger partial charge < -0.3 is 20.6 Å². The molecule has 5 nitrogen and oxygen atoms in total. The average Bonchev–Trinajstić information content (AvgIpc) is 3.07. The van der Waals surface area contributed by atoms with Crippen molar-refractivity contribution in [1.82, 2.24) is 5.32 Å². The SMILES string of the molecule is CCCCCCCCCCCCCCCCC=CC(O)C(CO)NC(=O)C(O)C=CCCCCCCCCCCCCCCCCC. The molecule has 0 aliphatic heterocycles. The molecule has 1 amide bonds. The van der Waals surface area contributed by atoms with Gasteiger partial charge in [0, 0.05) is 0 Å². The maximum Gasteiger partial charge on any atom is 0.253 e. The van der Waals surface area contributed by atoms with Crippen molar-refractivity contribution in [2.45, 2.75) is 231 Å². The van der Waals surface area contributed by atoms with E-state index in [0.717, 1.165) is 25.7 Å². The summed E-state index contributed by atoms with van der Waals surface area (Å²) in [5, 5.41) is 32.9. The number of nitrogens with one attached hydrogen (secondary N) is 1. The summed E-state index contributed by atoms with van der Waals surface area (Å²) in [4.78, 5) is 12.4. The molecule has 0 bridgehead atoms. The van der Waals surface area contributed by atoms with Gasteiger partial charge in [0.05, 0.1) is 18.8 Å². The van der Waals surface area contributed by atoms with Crippen LogP contribution in [0.15, 0.2) is 24.3 Å². The maximum absolute atomic E-state index is 12.4. The van der Waals surface area contributed by atoms with Crippen LogP contribution in [0.25, 0.3) is 0 Å². The predicted octanol–water partition coefficient (Wildman–Crippen LogP) is 11.4. The van der Waals surface area contributed by atoms with Crippen LogP contribution < -0.4 is 5.32 Å². The summed E-state index contributed by atoms with van der Waals surface area (Å²) in [5.74, 6) is -0.587. The second kappa shape index (κ2) is 37.6. The van der Waals surface area contributed by atoms with E-state index < -0.39 is 24.2 Å². The fourth-order valence-electron chi connectivity index (χ4n) is 6.28. The summed E-state index contributed by atoms with van der Waals surface area (Å²) >= 11 is 0. The van der Waals surface area contributed by atoms with E-state index in [1.54, 1.807) is 6.08 Å². The van der Waals surface area contributed by atoms with Gasteiger partial charge in [-0.15, -0.1) is 0 Å². The van der Waals surface area contributed by atoms with Crippen molar-refractivity contribution in [2.75, 3.05) is 6.61 Å². The van der Waals surface area contributed by atoms with Crippen LogP contribution in [0, 0.1) is 0 Å². The highest BCUT2D eigenvalue weighted by molar-refractivity contribution is 5.82. The third kappa shape index (κ3) is 33.1. The minimum absolute atomic E-state index is 0.383. The zero-order valence-corrected chi connectivity index (χ0v) is 31.4. The molecule has 5 heteroatoms. The molecule has 0 radical (unpaired) electrons. The number of unbranched alkanes of at least 4 members (excludes halogenated alkanes) is 29. The monoisotopic (exact) mass is 664 g/mol. The van der Waals surface area contributed by atoms with Gasteiger partial charge in [-0.1, -0.05) is 212 Å². The number of amides is 1. The van der Waals surface area contributed by atoms with Gasteiger partial charge in [0.25, 0.3) is 5.91 Å². The first kappa shape index (κ1) is 45.8. The van der Waals surface area contributed by atoms with Crippen LogP contribution in [-0.2, 0) is 4.79 Å². The Bertz CT molecular complexity index is 694. The third-order valence-electron chi connectivity index (χ3n) is 9.56. The van der Waals surface area contributed by atoms with E-state index in [1.807, 2.05) is 12.2 Å². The lowest BCUT2D eigenvalue weighted by atomic mass is 10.0. The molecule has 0 aromatic heterocycles. The normalized spacial score (nSPS) is 13.9. The zero-order valence-electron chi connectivity index (χ0n) is 31.4. The fourth-order valence-corrected chi connectivity index (χ4v) is 6.28. The van der Waals surface area contributed by atoms with Crippen molar-refractivity contribution in [2.24, 2.45) is 0 Å². The van der Waals surface area contributed by atoms with Crippen LogP contribution in [0.4, 0.5) is 0 Å². The Morgan fingerprint density at radius 2 is 0.787 bits per heavy atom. The standard InChI is InChI=1S/C42H81NO4/c1-3-5-7-9-11-13-15-17-19-21-23-25-27-29-31-33-35-37-41(46)42(47)43-39(38-44)40(45)36-34-32-30-28-26-24-22-20-18-16-14-12-10-8-6-4-2/h34-37,39-41,44-46H,3-33,38H2,1-2H3,(H,43,47). The molecule has 3 atom stereocenters. The number of hydrogen-bond acceptors (Lipinski definition) is 4. The van der Waals surface area contributed by atoms with Crippen molar-refractivity contribution in [1.29, 1.82) is 0 Å². The molecule has 278 valence electrons. The molecule has 47 heavy (non-hydrogen) atoms. The number of carbonyl (C=O) groups is 1. The van der Waals surface area contributed by atoms with Crippen LogP contribution in [0.3, 0.4) is 0 Å². The van der Waals surface area contributed by atoms with Crippen LogP contribution in [0.5, 0.6) is 0 Å². The zero-order chi connectivity index (χ0) is 34.5. The van der Waals surface area contributed by atoms with E-state index in [1.165, 1.54) is 179 Å². The Hall–Kier alpha value is -1.17. The lowest BCUT2D eigenvalue weighted by Crippen LogP contribution is -2.48. The first-order valence-corrected chi connectivity index (χ1v) is 20.7. The predicted molar refractivity (Wildman–Crippen MR) is 204 cm³/mol. The largest absolute Gasteiger partial charge is 0.394 e. The quantitative estimate of drug-likeness (QED) is 0.0393. The molecule has 0 spiro atoms. The fraction of sp³-hybridized carbons (Fsp3) is 0.881. The number of aliphatic hydroxyl groups excluding tert-OH is 3. The smallest absolute Gasteiger partial charge is 0.253 e. The molecule has 0 saturated heterocycles. The molecule has 0 heterocycles. The Labute approximate surface area is 292 Å². The average molecular weight is 664 g/mol. The van der Waals surface area contributed by atoms with E-state index in [2.05, 4.69) is 19.2 Å². The highest BCUT2D eigenvalue weighted by Gasteiger charge is 2.21. The van der Waals surface area contributed by atoms with Crippen molar-refractivity contribution in [3.63, 3.8) is 0 Å². The molecular formula is C42H81NO4. The van der Waals surface area contributed by atoms with Crippen LogP contribution in [0.2, 0.25) is 0 Å². The molecule has 0 aromatic carbocycles. The Morgan fingerprint density at radius 3 is 1.11 bits per heavy atom. The topological polar surface area (TPSA) is 89.8 Å². The van der Waals surface area contributed by atoms with Gasteiger partial charge in [0.15, 0.2) is 6.10 Å². The molecule has 4 N–H and O–H groups in total. The van der Waals surface area contributed by atoms with Crippen LogP contribution >= 0.6 is 0 Å². The lowest BCUT2D eigenvalue weighted by Gasteiger charge is -2.20. The van der Waals surface area contributed by atoms with E-state index in [4.69, 9.17) is 0 Å². The van der Waals surface area contributed by atoms with E-state index in [0.29, 0.717) is 0 Å². The van der Waals surface area contributed by atoms with Gasteiger partial charge in [-0.2, -0.15) is 0 Å². The Kier molecular flexibility index (Phi) is 36.7. The summed E-state index contributed by atoms with van der Waals surface area (Å²) in [6.45, 7) is 4.16. The van der Waals surface area contributed by atoms with E-state index >= 15 is 0 Å². The molecule has 0 fully saturated rings. The van der Waals surface area contributed by atoms with Crippen molar-refractivity contribution in [3.8, 4) is 0 Å². The minimum atomic E-state index is -1.27. The van der Waals surface area contributed by atoms with Crippen molar-refractivity contribution >= 4 is 5.91 Å². The summed E-state index contributed by atoms with van der Waals surface area (Å²) in [6, 6.07) is -0.825. The molecule has 0 rings (SSSR count). The summed E-state index contributed by atoms with van der Waals surface area (Å²) in [5.41, 5.74) is 0. The Morgan fingerprint density at radius 1 is 0.489 bits per heavy atom. The summed E-state index contributed by atoms with van der Waals surface area (Å²) in [7, 11) is 0. The van der Waals surface area contributed by atoms with Crippen molar-refractivity contribution in [3.05, 3.63) is 24.3 Å². The van der Waals surface area contributed by atoms with Crippen LogP contribution in [-0.4, -0.2) is 46.1 Å². The van der Waals surface area contributed by atoms with Crippen molar-refractivity contribution < 1.29 is 20.1 Å². The van der Waals surface area contributed by atoms with Crippen LogP contribution in [0.1, 0.15) is 213 Å². The lowest BCUT2D eigenvalue weighted by molar-refractivity contribution is -0.128. The maximum atomic E-state index is 12.4. The molecule has 0 aliphatic rings. The number of allylic oxidation sites excluding steroid dienone is 2. The second-order valence-electron chi connectivity index (χ2n) is 14.2. The molecule has 0 aliphatic carbocycles. The molecule has 3 unspecified atom stereocenters. The number of carbonyl (C=O) groups excluding carboxylic acids is 1. The first-order chi connectivity index (χ1) is 23.1. The minimum Gasteiger partial charge on any atom is -0.394 e. The highest BCUT2D eigenvalue weighted by atomic mass is 16.3.